The Labute approximate surface area is 129 Å². The van der Waals surface area contributed by atoms with E-state index in [1.165, 1.54) is 18.2 Å². The predicted molar refractivity (Wildman–Crippen MR) is 84.5 cm³/mol. The van der Waals surface area contributed by atoms with Gasteiger partial charge in [-0.15, -0.1) is 0 Å². The van der Waals surface area contributed by atoms with Crippen LogP contribution in [-0.2, 0) is 0 Å². The third kappa shape index (κ3) is 4.25. The van der Waals surface area contributed by atoms with E-state index in [-0.39, 0.29) is 11.7 Å². The molecular formula is C16H19FN4O. The van der Waals surface area contributed by atoms with E-state index in [2.05, 4.69) is 20.6 Å². The van der Waals surface area contributed by atoms with Crippen LogP contribution >= 0.6 is 0 Å². The zero-order chi connectivity index (χ0) is 16.1. The van der Waals surface area contributed by atoms with E-state index in [4.69, 9.17) is 0 Å². The number of hydrogen-bond acceptors (Lipinski definition) is 4. The normalized spacial score (nSPS) is 11.8. The van der Waals surface area contributed by atoms with Crippen LogP contribution in [0.3, 0.4) is 0 Å². The molecule has 2 aromatic rings. The van der Waals surface area contributed by atoms with Gasteiger partial charge in [-0.2, -0.15) is 0 Å². The molecule has 0 aliphatic rings. The monoisotopic (exact) mass is 302 g/mol. The number of nitrogens with one attached hydrogen (secondary N) is 2. The van der Waals surface area contributed by atoms with E-state index >= 15 is 0 Å². The molecule has 0 aliphatic heterocycles. The fraction of sp³-hybridized carbons (Fsp3) is 0.312. The summed E-state index contributed by atoms with van der Waals surface area (Å²) in [6.07, 6.45) is 0.919. The van der Waals surface area contributed by atoms with Crippen molar-refractivity contribution in [1.82, 2.24) is 9.97 Å². The lowest BCUT2D eigenvalue weighted by Gasteiger charge is -2.12. The van der Waals surface area contributed by atoms with Gasteiger partial charge in [-0.05, 0) is 44.5 Å². The van der Waals surface area contributed by atoms with Crippen molar-refractivity contribution in [2.75, 3.05) is 10.6 Å². The van der Waals surface area contributed by atoms with E-state index in [0.717, 1.165) is 6.42 Å². The highest BCUT2D eigenvalue weighted by Crippen LogP contribution is 2.12. The van der Waals surface area contributed by atoms with Crippen molar-refractivity contribution in [3.05, 3.63) is 47.5 Å². The van der Waals surface area contributed by atoms with Crippen molar-refractivity contribution in [3.8, 4) is 0 Å². The molecule has 22 heavy (non-hydrogen) atoms. The molecule has 0 fully saturated rings. The molecule has 1 heterocycles. The lowest BCUT2D eigenvalue weighted by Crippen LogP contribution is -2.19. The number of aryl methyl sites for hydroxylation is 1. The van der Waals surface area contributed by atoms with Crippen LogP contribution in [0, 0.1) is 12.7 Å². The number of aromatic nitrogens is 2. The molecule has 6 heteroatoms. The first-order valence-corrected chi connectivity index (χ1v) is 7.17. The van der Waals surface area contributed by atoms with Gasteiger partial charge < -0.3 is 10.6 Å². The number of carbonyl (C=O) groups excluding carboxylic acids is 1. The van der Waals surface area contributed by atoms with E-state index in [9.17, 15) is 9.18 Å². The quantitative estimate of drug-likeness (QED) is 0.888. The second-order valence-electron chi connectivity index (χ2n) is 5.14. The average Bonchev–Trinajstić information content (AvgIpc) is 2.46. The Morgan fingerprint density at radius 3 is 2.77 bits per heavy atom. The minimum atomic E-state index is -0.407. The van der Waals surface area contributed by atoms with Crippen molar-refractivity contribution in [1.29, 1.82) is 0 Å². The molecule has 0 bridgehead atoms. The van der Waals surface area contributed by atoms with Crippen LogP contribution in [0.5, 0.6) is 0 Å². The number of carbonyl (C=O) groups is 1. The SMILES string of the molecule is CCC(C)Nc1nc(C)cc(C(=O)Nc2cccc(F)c2)n1. The highest BCUT2D eigenvalue weighted by atomic mass is 19.1. The van der Waals surface area contributed by atoms with Crippen LogP contribution in [0.1, 0.15) is 36.5 Å². The van der Waals surface area contributed by atoms with Crippen molar-refractivity contribution < 1.29 is 9.18 Å². The number of anilines is 2. The highest BCUT2D eigenvalue weighted by molar-refractivity contribution is 6.03. The number of hydrogen-bond donors (Lipinski definition) is 2. The Kier molecular flexibility index (Phi) is 5.04. The molecule has 0 saturated heterocycles. The van der Waals surface area contributed by atoms with Crippen molar-refractivity contribution in [2.24, 2.45) is 0 Å². The summed E-state index contributed by atoms with van der Waals surface area (Å²) in [5, 5.41) is 5.76. The third-order valence-electron chi connectivity index (χ3n) is 3.16. The van der Waals surface area contributed by atoms with E-state index < -0.39 is 11.7 Å². The Hall–Kier alpha value is -2.50. The van der Waals surface area contributed by atoms with Gasteiger partial charge in [0.15, 0.2) is 0 Å². The topological polar surface area (TPSA) is 66.9 Å². The van der Waals surface area contributed by atoms with Crippen molar-refractivity contribution >= 4 is 17.5 Å². The van der Waals surface area contributed by atoms with E-state index in [0.29, 0.717) is 17.3 Å². The average molecular weight is 302 g/mol. The smallest absolute Gasteiger partial charge is 0.274 e. The molecule has 0 saturated carbocycles. The van der Waals surface area contributed by atoms with Crippen LogP contribution in [0.2, 0.25) is 0 Å². The molecule has 0 radical (unpaired) electrons. The summed E-state index contributed by atoms with van der Waals surface area (Å²) in [4.78, 5) is 20.7. The van der Waals surface area contributed by atoms with Gasteiger partial charge in [0.2, 0.25) is 5.95 Å². The zero-order valence-electron chi connectivity index (χ0n) is 12.9. The standard InChI is InChI=1S/C16H19FN4O/c1-4-10(2)18-16-19-11(3)8-14(21-16)15(22)20-13-7-5-6-12(17)9-13/h5-10H,4H2,1-3H3,(H,20,22)(H,18,19,21). The zero-order valence-corrected chi connectivity index (χ0v) is 12.9. The molecule has 1 atom stereocenters. The molecule has 0 spiro atoms. The summed E-state index contributed by atoms with van der Waals surface area (Å²) in [5.41, 5.74) is 1.31. The fourth-order valence-electron chi connectivity index (χ4n) is 1.83. The first kappa shape index (κ1) is 15.9. The Bertz CT molecular complexity index is 675. The summed E-state index contributed by atoms with van der Waals surface area (Å²) in [5.74, 6) is -0.391. The Balaban J connectivity index is 2.18. The second kappa shape index (κ2) is 6.98. The molecule has 2 rings (SSSR count). The molecule has 2 N–H and O–H groups in total. The molecule has 116 valence electrons. The minimum absolute atomic E-state index is 0.209. The largest absolute Gasteiger partial charge is 0.352 e. The van der Waals surface area contributed by atoms with Crippen LogP contribution in [0.15, 0.2) is 30.3 Å². The second-order valence-corrected chi connectivity index (χ2v) is 5.14. The number of halogens is 1. The molecular weight excluding hydrogens is 283 g/mol. The van der Waals surface area contributed by atoms with Gasteiger partial charge in [0, 0.05) is 17.4 Å². The molecule has 1 aromatic carbocycles. The Morgan fingerprint density at radius 2 is 2.09 bits per heavy atom. The van der Waals surface area contributed by atoms with Gasteiger partial charge in [0.1, 0.15) is 11.5 Å². The van der Waals surface area contributed by atoms with Gasteiger partial charge in [-0.25, -0.2) is 14.4 Å². The first-order chi connectivity index (χ1) is 10.5. The van der Waals surface area contributed by atoms with E-state index in [1.54, 1.807) is 19.1 Å². The van der Waals surface area contributed by atoms with Gasteiger partial charge in [0.25, 0.3) is 5.91 Å². The maximum atomic E-state index is 13.1. The molecule has 1 aromatic heterocycles. The maximum Gasteiger partial charge on any atom is 0.274 e. The third-order valence-corrected chi connectivity index (χ3v) is 3.16. The predicted octanol–water partition coefficient (Wildman–Crippen LogP) is 3.39. The van der Waals surface area contributed by atoms with Crippen LogP contribution in [0.25, 0.3) is 0 Å². The van der Waals surface area contributed by atoms with Crippen molar-refractivity contribution in [3.63, 3.8) is 0 Å². The number of amides is 1. The van der Waals surface area contributed by atoms with E-state index in [1.807, 2.05) is 13.8 Å². The number of benzene rings is 1. The summed E-state index contributed by atoms with van der Waals surface area (Å²) < 4.78 is 13.1. The van der Waals surface area contributed by atoms with Crippen LogP contribution < -0.4 is 10.6 Å². The van der Waals surface area contributed by atoms with Gasteiger partial charge in [-0.1, -0.05) is 13.0 Å². The molecule has 1 unspecified atom stereocenters. The number of nitrogens with zero attached hydrogens (tertiary/aromatic N) is 2. The number of rotatable bonds is 5. The van der Waals surface area contributed by atoms with Crippen LogP contribution in [-0.4, -0.2) is 21.9 Å². The maximum absolute atomic E-state index is 13.1. The highest BCUT2D eigenvalue weighted by Gasteiger charge is 2.12. The molecule has 1 amide bonds. The van der Waals surface area contributed by atoms with Crippen molar-refractivity contribution in [2.45, 2.75) is 33.2 Å². The Morgan fingerprint density at radius 1 is 1.32 bits per heavy atom. The molecule has 0 aliphatic carbocycles. The summed E-state index contributed by atoms with van der Waals surface area (Å²) in [7, 11) is 0. The van der Waals surface area contributed by atoms with Crippen LogP contribution in [0.4, 0.5) is 16.0 Å². The van der Waals surface area contributed by atoms with Gasteiger partial charge >= 0.3 is 0 Å². The fourth-order valence-corrected chi connectivity index (χ4v) is 1.83. The summed E-state index contributed by atoms with van der Waals surface area (Å²) in [6.45, 7) is 5.85. The minimum Gasteiger partial charge on any atom is -0.352 e. The first-order valence-electron chi connectivity index (χ1n) is 7.17. The van der Waals surface area contributed by atoms with Gasteiger partial charge in [-0.3, -0.25) is 4.79 Å². The lowest BCUT2D eigenvalue weighted by atomic mass is 10.2. The lowest BCUT2D eigenvalue weighted by molar-refractivity contribution is 0.102. The molecule has 5 nitrogen and oxygen atoms in total. The van der Waals surface area contributed by atoms with Gasteiger partial charge in [0.05, 0.1) is 0 Å². The summed E-state index contributed by atoms with van der Waals surface area (Å²) >= 11 is 0. The summed E-state index contributed by atoms with van der Waals surface area (Å²) in [6, 6.07) is 7.53.